The van der Waals surface area contributed by atoms with Crippen LogP contribution in [0.15, 0.2) is 41.3 Å². The van der Waals surface area contributed by atoms with E-state index in [0.29, 0.717) is 24.6 Å². The monoisotopic (exact) mass is 366 g/mol. The fraction of sp³-hybridized carbons (Fsp3) is 0.474. The summed E-state index contributed by atoms with van der Waals surface area (Å²) < 4.78 is 41.1. The molecule has 0 saturated heterocycles. The Hall–Kier alpha value is -2.31. The lowest BCUT2D eigenvalue weighted by Crippen LogP contribution is -2.49. The van der Waals surface area contributed by atoms with Crippen LogP contribution < -0.4 is 5.56 Å². The molecule has 1 aliphatic rings. The molecule has 1 aliphatic carbocycles. The van der Waals surface area contributed by atoms with Crippen molar-refractivity contribution >= 4 is 16.7 Å². The van der Waals surface area contributed by atoms with E-state index in [-0.39, 0.29) is 18.5 Å². The highest BCUT2D eigenvalue weighted by Crippen LogP contribution is 2.39. The van der Waals surface area contributed by atoms with Crippen LogP contribution in [0.25, 0.3) is 10.8 Å². The minimum absolute atomic E-state index is 0.0434. The van der Waals surface area contributed by atoms with E-state index in [0.717, 1.165) is 5.39 Å². The number of alkyl halides is 3. The summed E-state index contributed by atoms with van der Waals surface area (Å²) in [6.07, 6.45) is -1.24. The first-order valence-corrected chi connectivity index (χ1v) is 8.69. The molecule has 2 atom stereocenters. The number of hydrogen-bond acceptors (Lipinski definition) is 2. The van der Waals surface area contributed by atoms with Crippen LogP contribution in [0.2, 0.25) is 0 Å². The Bertz CT molecular complexity index is 860. The first-order chi connectivity index (χ1) is 12.3. The molecule has 1 heterocycles. The number of aromatic nitrogens is 1. The summed E-state index contributed by atoms with van der Waals surface area (Å²) in [5.41, 5.74) is -0.319. The molecule has 1 fully saturated rings. The molecule has 1 saturated carbocycles. The van der Waals surface area contributed by atoms with Crippen LogP contribution in [0.4, 0.5) is 13.2 Å². The number of carbonyl (C=O) groups excluding carboxylic acids is 1. The molecule has 0 unspecified atom stereocenters. The van der Waals surface area contributed by atoms with Crippen molar-refractivity contribution in [3.05, 3.63) is 46.9 Å². The van der Waals surface area contributed by atoms with Crippen molar-refractivity contribution in [2.45, 2.75) is 44.4 Å². The zero-order chi connectivity index (χ0) is 18.9. The van der Waals surface area contributed by atoms with Crippen molar-refractivity contribution in [3.63, 3.8) is 0 Å². The van der Waals surface area contributed by atoms with E-state index in [2.05, 4.69) is 0 Å². The third-order valence-electron chi connectivity index (χ3n) is 5.23. The molecule has 140 valence electrons. The molecular weight excluding hydrogens is 345 g/mol. The lowest BCUT2D eigenvalue weighted by Gasteiger charge is -2.38. The zero-order valence-corrected chi connectivity index (χ0v) is 14.5. The lowest BCUT2D eigenvalue weighted by atomic mass is 9.83. The number of halogens is 3. The topological polar surface area (TPSA) is 42.3 Å². The molecule has 0 radical (unpaired) electrons. The highest BCUT2D eigenvalue weighted by molar-refractivity contribution is 5.82. The average Bonchev–Trinajstić information content (AvgIpc) is 2.63. The second-order valence-corrected chi connectivity index (χ2v) is 6.84. The Morgan fingerprint density at radius 1 is 1.19 bits per heavy atom. The van der Waals surface area contributed by atoms with Crippen molar-refractivity contribution < 1.29 is 18.0 Å². The highest BCUT2D eigenvalue weighted by atomic mass is 19.4. The van der Waals surface area contributed by atoms with Crippen LogP contribution in [0.3, 0.4) is 0 Å². The number of carbonyl (C=O) groups is 1. The summed E-state index contributed by atoms with van der Waals surface area (Å²) in [4.78, 5) is 26.2. The van der Waals surface area contributed by atoms with Gasteiger partial charge in [0, 0.05) is 24.7 Å². The van der Waals surface area contributed by atoms with E-state index >= 15 is 0 Å². The Morgan fingerprint density at radius 2 is 1.88 bits per heavy atom. The first kappa shape index (κ1) is 18.5. The fourth-order valence-corrected chi connectivity index (χ4v) is 3.75. The molecule has 1 amide bonds. The largest absolute Gasteiger partial charge is 0.393 e. The number of hydrogen-bond donors (Lipinski definition) is 0. The van der Waals surface area contributed by atoms with Crippen LogP contribution in [0.1, 0.15) is 25.7 Å². The third-order valence-corrected chi connectivity index (χ3v) is 5.23. The van der Waals surface area contributed by atoms with Gasteiger partial charge in [-0.05, 0) is 30.4 Å². The number of nitrogens with zero attached hydrogens (tertiary/aromatic N) is 2. The normalized spacial score (nSPS) is 20.9. The molecule has 2 aromatic rings. The van der Waals surface area contributed by atoms with E-state index < -0.39 is 24.0 Å². The quantitative estimate of drug-likeness (QED) is 0.833. The van der Waals surface area contributed by atoms with E-state index in [1.807, 2.05) is 6.07 Å². The van der Waals surface area contributed by atoms with Gasteiger partial charge in [0.05, 0.1) is 5.92 Å². The van der Waals surface area contributed by atoms with Crippen molar-refractivity contribution in [2.24, 2.45) is 5.92 Å². The Morgan fingerprint density at radius 3 is 2.62 bits per heavy atom. The fourth-order valence-electron chi connectivity index (χ4n) is 3.75. The Labute approximate surface area is 149 Å². The molecule has 1 aromatic heterocycles. The van der Waals surface area contributed by atoms with E-state index in [9.17, 15) is 22.8 Å². The summed E-state index contributed by atoms with van der Waals surface area (Å²) in [7, 11) is 1.41. The number of likely N-dealkylation sites (N-methyl/N-ethyl adjacent to an activating group) is 1. The molecule has 0 bridgehead atoms. The van der Waals surface area contributed by atoms with Crippen molar-refractivity contribution in [1.29, 1.82) is 0 Å². The molecule has 4 nitrogen and oxygen atoms in total. The van der Waals surface area contributed by atoms with Gasteiger partial charge in [-0.2, -0.15) is 13.2 Å². The van der Waals surface area contributed by atoms with Gasteiger partial charge in [0.2, 0.25) is 5.91 Å². The van der Waals surface area contributed by atoms with E-state index in [4.69, 9.17) is 0 Å². The predicted molar refractivity (Wildman–Crippen MR) is 92.8 cm³/mol. The highest BCUT2D eigenvalue weighted by Gasteiger charge is 2.47. The van der Waals surface area contributed by atoms with Gasteiger partial charge in [0.25, 0.3) is 5.56 Å². The number of rotatable bonds is 3. The Kier molecular flexibility index (Phi) is 5.07. The molecule has 26 heavy (non-hydrogen) atoms. The number of benzene rings is 1. The molecule has 0 N–H and O–H groups in total. The summed E-state index contributed by atoms with van der Waals surface area (Å²) in [5.74, 6) is -1.98. The maximum absolute atomic E-state index is 13.3. The molecule has 0 spiro atoms. The molecule has 3 rings (SSSR count). The minimum Gasteiger partial charge on any atom is -0.341 e. The Balaban J connectivity index is 1.81. The van der Waals surface area contributed by atoms with Crippen molar-refractivity contribution in [3.8, 4) is 0 Å². The van der Waals surface area contributed by atoms with Gasteiger partial charge < -0.3 is 9.47 Å². The predicted octanol–water partition coefficient (Wildman–Crippen LogP) is 3.58. The molecule has 1 aromatic carbocycles. The SMILES string of the molecule is CN(C(=O)Cn1ccc2ccccc2c1=O)[C@H]1CCCC[C@H]1C(F)(F)F. The maximum Gasteiger partial charge on any atom is 0.393 e. The van der Waals surface area contributed by atoms with Gasteiger partial charge in [0.1, 0.15) is 6.54 Å². The second-order valence-electron chi connectivity index (χ2n) is 6.84. The van der Waals surface area contributed by atoms with Gasteiger partial charge in [-0.15, -0.1) is 0 Å². The molecular formula is C19H21F3N2O2. The maximum atomic E-state index is 13.3. The van der Waals surface area contributed by atoms with Gasteiger partial charge >= 0.3 is 6.18 Å². The minimum atomic E-state index is -4.32. The van der Waals surface area contributed by atoms with Crippen molar-refractivity contribution in [2.75, 3.05) is 7.05 Å². The number of amides is 1. The van der Waals surface area contributed by atoms with E-state index in [1.54, 1.807) is 24.3 Å². The van der Waals surface area contributed by atoms with Gasteiger partial charge in [-0.1, -0.05) is 31.0 Å². The summed E-state index contributed by atoms with van der Waals surface area (Å²) >= 11 is 0. The van der Waals surface area contributed by atoms with Crippen LogP contribution in [0.5, 0.6) is 0 Å². The standard InChI is InChI=1S/C19H21F3N2O2/c1-23(16-9-5-4-8-15(16)19(20,21)22)17(25)12-24-11-10-13-6-2-3-7-14(13)18(24)26/h2-3,6-7,10-11,15-16H,4-5,8-9,12H2,1H3/t15-,16+/m1/s1. The summed E-state index contributed by atoms with van der Waals surface area (Å²) in [6, 6.07) is 7.87. The zero-order valence-electron chi connectivity index (χ0n) is 14.5. The first-order valence-electron chi connectivity index (χ1n) is 8.69. The third kappa shape index (κ3) is 3.61. The van der Waals surface area contributed by atoms with Crippen LogP contribution >= 0.6 is 0 Å². The van der Waals surface area contributed by atoms with Crippen LogP contribution in [-0.2, 0) is 11.3 Å². The van der Waals surface area contributed by atoms with Crippen molar-refractivity contribution in [1.82, 2.24) is 9.47 Å². The number of fused-ring (bicyclic) bond motifs is 1. The van der Waals surface area contributed by atoms with Crippen LogP contribution in [-0.4, -0.2) is 34.6 Å². The van der Waals surface area contributed by atoms with Gasteiger partial charge in [0.15, 0.2) is 0 Å². The average molecular weight is 366 g/mol. The van der Waals surface area contributed by atoms with Gasteiger partial charge in [-0.25, -0.2) is 0 Å². The number of pyridine rings is 1. The summed E-state index contributed by atoms with van der Waals surface area (Å²) in [5, 5.41) is 1.25. The van der Waals surface area contributed by atoms with Crippen LogP contribution in [0, 0.1) is 5.92 Å². The summed E-state index contributed by atoms with van der Waals surface area (Å²) in [6.45, 7) is -0.263. The lowest BCUT2D eigenvalue weighted by molar-refractivity contribution is -0.198. The molecule has 7 heteroatoms. The smallest absolute Gasteiger partial charge is 0.341 e. The molecule has 0 aliphatic heterocycles. The second kappa shape index (κ2) is 7.13. The van der Waals surface area contributed by atoms with E-state index in [1.165, 1.54) is 22.7 Å². The van der Waals surface area contributed by atoms with Gasteiger partial charge in [-0.3, -0.25) is 9.59 Å².